The van der Waals surface area contributed by atoms with Crippen molar-refractivity contribution in [2.75, 3.05) is 16.3 Å². The molecule has 0 radical (unpaired) electrons. The van der Waals surface area contributed by atoms with Crippen molar-refractivity contribution in [1.29, 1.82) is 0 Å². The van der Waals surface area contributed by atoms with Crippen LogP contribution in [0.25, 0.3) is 0 Å². The minimum absolute atomic E-state index is 0.00325. The number of halogens is 2. The summed E-state index contributed by atoms with van der Waals surface area (Å²) in [4.78, 5) is 54.3. The van der Waals surface area contributed by atoms with Crippen molar-refractivity contribution in [3.05, 3.63) is 52.0 Å². The molecule has 2 aromatic rings. The van der Waals surface area contributed by atoms with Gasteiger partial charge in [-0.3, -0.25) is 19.2 Å². The molecular formula is C27H26Cl2N2O5. The Morgan fingerprint density at radius 2 is 1.72 bits per heavy atom. The van der Waals surface area contributed by atoms with E-state index < -0.39 is 11.9 Å². The molecule has 1 aliphatic carbocycles. The second-order valence-electron chi connectivity index (χ2n) is 10.0. The topological polar surface area (TPSA) is 84.0 Å². The summed E-state index contributed by atoms with van der Waals surface area (Å²) in [6.45, 7) is 4.03. The molecule has 3 aliphatic rings. The molecule has 2 heterocycles. The zero-order chi connectivity index (χ0) is 25.7. The van der Waals surface area contributed by atoms with Gasteiger partial charge in [0.2, 0.25) is 17.7 Å². The van der Waals surface area contributed by atoms with E-state index in [1.54, 1.807) is 43.3 Å². The van der Waals surface area contributed by atoms with Crippen molar-refractivity contribution in [2.45, 2.75) is 39.5 Å². The molecule has 9 heteroatoms. The van der Waals surface area contributed by atoms with Gasteiger partial charge in [0.05, 0.1) is 34.2 Å². The van der Waals surface area contributed by atoms with Gasteiger partial charge in [0.25, 0.3) is 0 Å². The third-order valence-corrected chi connectivity index (χ3v) is 8.03. The van der Waals surface area contributed by atoms with Crippen LogP contribution in [0.3, 0.4) is 0 Å². The molecule has 4 atom stereocenters. The molecular weight excluding hydrogens is 503 g/mol. The third-order valence-electron chi connectivity index (χ3n) is 7.47. The summed E-state index contributed by atoms with van der Waals surface area (Å²) in [5.41, 5.74) is 1.63. The minimum Gasteiger partial charge on any atom is -0.426 e. The van der Waals surface area contributed by atoms with E-state index >= 15 is 0 Å². The quantitative estimate of drug-likeness (QED) is 0.310. The standard InChI is InChI=1S/C27H26Cl2N2O5/c1-14-3-6-19-20(9-14)26(34)31(25(19)33)22-8-5-18(10-15(22)2)36-27(35)16-11-24(32)30(13-16)23-12-17(28)4-7-21(23)29/h4-5,7-8,10,12,14,16,19-20H,3,6,9,11,13H2,1-2H3/t14-,16-,19-,20+/m1/s1. The maximum atomic E-state index is 13.1. The lowest BCUT2D eigenvalue weighted by Gasteiger charge is -2.25. The molecule has 2 aliphatic heterocycles. The van der Waals surface area contributed by atoms with Gasteiger partial charge in [0.15, 0.2) is 0 Å². The average molecular weight is 529 g/mol. The first-order valence-corrected chi connectivity index (χ1v) is 12.8. The molecule has 3 fully saturated rings. The van der Waals surface area contributed by atoms with Gasteiger partial charge in [-0.2, -0.15) is 0 Å². The van der Waals surface area contributed by atoms with E-state index in [9.17, 15) is 19.2 Å². The Hall–Kier alpha value is -2.90. The zero-order valence-corrected chi connectivity index (χ0v) is 21.5. The summed E-state index contributed by atoms with van der Waals surface area (Å²) in [5.74, 6) is -1.52. The molecule has 2 saturated heterocycles. The van der Waals surface area contributed by atoms with Crippen LogP contribution in [0.15, 0.2) is 36.4 Å². The lowest BCUT2D eigenvalue weighted by molar-refractivity contribution is -0.139. The highest BCUT2D eigenvalue weighted by molar-refractivity contribution is 6.36. The molecule has 36 heavy (non-hydrogen) atoms. The highest BCUT2D eigenvalue weighted by atomic mass is 35.5. The van der Waals surface area contributed by atoms with Crippen LogP contribution in [0, 0.1) is 30.6 Å². The number of ether oxygens (including phenoxy) is 1. The van der Waals surface area contributed by atoms with Gasteiger partial charge < -0.3 is 9.64 Å². The van der Waals surface area contributed by atoms with Crippen LogP contribution in [-0.4, -0.2) is 30.2 Å². The number of nitrogens with zero attached hydrogens (tertiary/aromatic N) is 2. The second-order valence-corrected chi connectivity index (χ2v) is 10.9. The first-order chi connectivity index (χ1) is 17.1. The smallest absolute Gasteiger partial charge is 0.316 e. The van der Waals surface area contributed by atoms with Crippen LogP contribution < -0.4 is 14.5 Å². The normalized spacial score (nSPS) is 25.9. The van der Waals surface area contributed by atoms with Crippen LogP contribution in [-0.2, 0) is 19.2 Å². The lowest BCUT2D eigenvalue weighted by Crippen LogP contribution is -2.31. The Labute approximate surface area is 219 Å². The summed E-state index contributed by atoms with van der Waals surface area (Å²) >= 11 is 12.3. The molecule has 0 spiro atoms. The average Bonchev–Trinajstić information content (AvgIpc) is 3.33. The summed E-state index contributed by atoms with van der Waals surface area (Å²) in [6, 6.07) is 9.69. The molecule has 188 valence electrons. The summed E-state index contributed by atoms with van der Waals surface area (Å²) < 4.78 is 5.58. The van der Waals surface area contributed by atoms with Crippen molar-refractivity contribution in [3.63, 3.8) is 0 Å². The Balaban J connectivity index is 1.29. The van der Waals surface area contributed by atoms with E-state index in [0.29, 0.717) is 32.9 Å². The number of benzene rings is 2. The van der Waals surface area contributed by atoms with Crippen LogP contribution in [0.5, 0.6) is 5.75 Å². The molecule has 0 N–H and O–H groups in total. The number of carbonyl (C=O) groups excluding carboxylic acids is 4. The predicted molar refractivity (Wildman–Crippen MR) is 136 cm³/mol. The number of hydrogen-bond donors (Lipinski definition) is 0. The fourth-order valence-electron chi connectivity index (χ4n) is 5.56. The van der Waals surface area contributed by atoms with Crippen LogP contribution in [0.1, 0.15) is 38.2 Å². The van der Waals surface area contributed by atoms with Crippen molar-refractivity contribution < 1.29 is 23.9 Å². The number of rotatable bonds is 4. The van der Waals surface area contributed by atoms with Gasteiger partial charge in [-0.1, -0.05) is 30.1 Å². The van der Waals surface area contributed by atoms with E-state index in [1.165, 1.54) is 9.80 Å². The van der Waals surface area contributed by atoms with E-state index in [-0.39, 0.29) is 48.3 Å². The number of carbonyl (C=O) groups is 4. The maximum Gasteiger partial charge on any atom is 0.316 e. The Morgan fingerprint density at radius 1 is 0.972 bits per heavy atom. The van der Waals surface area contributed by atoms with E-state index in [4.69, 9.17) is 27.9 Å². The van der Waals surface area contributed by atoms with Gasteiger partial charge in [-0.25, -0.2) is 4.90 Å². The van der Waals surface area contributed by atoms with E-state index in [0.717, 1.165) is 19.3 Å². The number of amides is 3. The number of aryl methyl sites for hydroxylation is 1. The SMILES string of the molecule is Cc1cc(OC(=O)[C@@H]2CC(=O)N(c3cc(Cl)ccc3Cl)C2)ccc1N1C(=O)[C@H]2C[C@H](C)CC[C@H]2C1=O. The summed E-state index contributed by atoms with van der Waals surface area (Å²) in [6.07, 6.45) is 2.42. The fraction of sp³-hybridized carbons (Fsp3) is 0.407. The number of esters is 1. The molecule has 3 amide bonds. The lowest BCUT2D eigenvalue weighted by atomic mass is 9.76. The van der Waals surface area contributed by atoms with Crippen molar-refractivity contribution in [1.82, 2.24) is 0 Å². The van der Waals surface area contributed by atoms with Crippen LogP contribution in [0.2, 0.25) is 10.0 Å². The molecule has 1 saturated carbocycles. The Morgan fingerprint density at radius 3 is 2.47 bits per heavy atom. The van der Waals surface area contributed by atoms with E-state index in [1.807, 2.05) is 0 Å². The highest BCUT2D eigenvalue weighted by Crippen LogP contribution is 2.43. The third kappa shape index (κ3) is 4.39. The minimum atomic E-state index is -0.667. The van der Waals surface area contributed by atoms with Crippen LogP contribution in [0.4, 0.5) is 11.4 Å². The first kappa shape index (κ1) is 24.8. The second kappa shape index (κ2) is 9.52. The largest absolute Gasteiger partial charge is 0.426 e. The number of anilines is 2. The van der Waals surface area contributed by atoms with Crippen LogP contribution >= 0.6 is 23.2 Å². The van der Waals surface area contributed by atoms with Gasteiger partial charge in [0.1, 0.15) is 5.75 Å². The maximum absolute atomic E-state index is 13.1. The Kier molecular flexibility index (Phi) is 6.55. The number of fused-ring (bicyclic) bond motifs is 1. The van der Waals surface area contributed by atoms with Crippen molar-refractivity contribution >= 4 is 58.3 Å². The first-order valence-electron chi connectivity index (χ1n) is 12.1. The molecule has 0 aromatic heterocycles. The Bertz CT molecular complexity index is 1280. The molecule has 0 unspecified atom stereocenters. The van der Waals surface area contributed by atoms with Gasteiger partial charge in [0, 0.05) is 18.0 Å². The number of hydrogen-bond acceptors (Lipinski definition) is 5. The van der Waals surface area contributed by atoms with Gasteiger partial charge >= 0.3 is 5.97 Å². The summed E-state index contributed by atoms with van der Waals surface area (Å²) in [7, 11) is 0. The zero-order valence-electron chi connectivity index (χ0n) is 20.0. The molecule has 7 nitrogen and oxygen atoms in total. The van der Waals surface area contributed by atoms with Gasteiger partial charge in [-0.05, 0) is 74.1 Å². The predicted octanol–water partition coefficient (Wildman–Crippen LogP) is 5.19. The molecule has 0 bridgehead atoms. The highest BCUT2D eigenvalue weighted by Gasteiger charge is 2.50. The van der Waals surface area contributed by atoms with E-state index in [2.05, 4.69) is 6.92 Å². The fourth-order valence-corrected chi connectivity index (χ4v) is 5.95. The molecule has 5 rings (SSSR count). The van der Waals surface area contributed by atoms with Crippen molar-refractivity contribution in [2.24, 2.45) is 23.7 Å². The number of imide groups is 1. The summed E-state index contributed by atoms with van der Waals surface area (Å²) in [5, 5.41) is 0.806. The molecule has 2 aromatic carbocycles. The van der Waals surface area contributed by atoms with Gasteiger partial charge in [-0.15, -0.1) is 0 Å². The van der Waals surface area contributed by atoms with Crippen molar-refractivity contribution in [3.8, 4) is 5.75 Å². The monoisotopic (exact) mass is 528 g/mol.